The van der Waals surface area contributed by atoms with Crippen molar-refractivity contribution in [3.63, 3.8) is 0 Å². The number of benzene rings is 1. The zero-order valence-corrected chi connectivity index (χ0v) is 8.77. The number of pyridine rings is 1. The SMILES string of the molecule is C=C(c1ccccc1)c1cccnc1C. The number of nitrogens with zero attached hydrogens (tertiary/aromatic N) is 1. The first-order chi connectivity index (χ1) is 7.29. The molecule has 0 fully saturated rings. The lowest BCUT2D eigenvalue weighted by Crippen LogP contribution is -1.91. The highest BCUT2D eigenvalue weighted by Crippen LogP contribution is 2.22. The number of rotatable bonds is 2. The fourth-order valence-electron chi connectivity index (χ4n) is 1.60. The predicted octanol–water partition coefficient (Wildman–Crippen LogP) is 3.45. The van der Waals surface area contributed by atoms with Crippen LogP contribution in [0.1, 0.15) is 16.8 Å². The third-order valence-electron chi connectivity index (χ3n) is 2.45. The number of aromatic nitrogens is 1. The first-order valence-electron chi connectivity index (χ1n) is 4.95. The summed E-state index contributed by atoms with van der Waals surface area (Å²) in [5.41, 5.74) is 4.31. The summed E-state index contributed by atoms with van der Waals surface area (Å²) >= 11 is 0. The minimum Gasteiger partial charge on any atom is -0.261 e. The van der Waals surface area contributed by atoms with E-state index in [9.17, 15) is 0 Å². The molecule has 0 atom stereocenters. The summed E-state index contributed by atoms with van der Waals surface area (Å²) in [6, 6.07) is 14.2. The van der Waals surface area contributed by atoms with E-state index in [1.54, 1.807) is 6.20 Å². The Morgan fingerprint density at radius 3 is 2.47 bits per heavy atom. The molecule has 0 bridgehead atoms. The fourth-order valence-corrected chi connectivity index (χ4v) is 1.60. The van der Waals surface area contributed by atoms with Gasteiger partial charge in [0, 0.05) is 17.5 Å². The molecule has 0 spiro atoms. The van der Waals surface area contributed by atoms with Gasteiger partial charge in [-0.2, -0.15) is 0 Å². The smallest absolute Gasteiger partial charge is 0.0450 e. The molecule has 0 aliphatic heterocycles. The summed E-state index contributed by atoms with van der Waals surface area (Å²) in [6.45, 7) is 6.12. The van der Waals surface area contributed by atoms with Gasteiger partial charge < -0.3 is 0 Å². The Hall–Kier alpha value is -1.89. The van der Waals surface area contributed by atoms with Crippen LogP contribution in [0.4, 0.5) is 0 Å². The number of hydrogen-bond donors (Lipinski definition) is 0. The summed E-state index contributed by atoms with van der Waals surface area (Å²) in [4.78, 5) is 4.26. The Kier molecular flexibility index (Phi) is 2.64. The zero-order chi connectivity index (χ0) is 10.7. The van der Waals surface area contributed by atoms with Gasteiger partial charge in [0.1, 0.15) is 0 Å². The second-order valence-corrected chi connectivity index (χ2v) is 3.48. The summed E-state index contributed by atoms with van der Waals surface area (Å²) in [5, 5.41) is 0. The van der Waals surface area contributed by atoms with Gasteiger partial charge in [-0.3, -0.25) is 4.98 Å². The first kappa shape index (κ1) is 9.66. The normalized spacial score (nSPS) is 9.93. The maximum absolute atomic E-state index is 4.26. The van der Waals surface area contributed by atoms with Crippen LogP contribution in [0.3, 0.4) is 0 Å². The standard InChI is InChI=1S/C14H13N/c1-11(13-7-4-3-5-8-13)14-9-6-10-15-12(14)2/h3-10H,1H2,2H3. The Labute approximate surface area is 90.1 Å². The molecule has 0 aliphatic rings. The van der Waals surface area contributed by atoms with Crippen molar-refractivity contribution in [3.05, 3.63) is 72.1 Å². The lowest BCUT2D eigenvalue weighted by atomic mass is 9.99. The van der Waals surface area contributed by atoms with Crippen LogP contribution in [0.15, 0.2) is 55.2 Å². The molecule has 0 N–H and O–H groups in total. The molecule has 2 aromatic rings. The van der Waals surface area contributed by atoms with Gasteiger partial charge >= 0.3 is 0 Å². The summed E-state index contributed by atoms with van der Waals surface area (Å²) < 4.78 is 0. The topological polar surface area (TPSA) is 12.9 Å². The van der Waals surface area contributed by atoms with Crippen LogP contribution in [0, 0.1) is 6.92 Å². The molecule has 0 saturated carbocycles. The van der Waals surface area contributed by atoms with Crippen molar-refractivity contribution in [2.45, 2.75) is 6.92 Å². The zero-order valence-electron chi connectivity index (χ0n) is 8.77. The van der Waals surface area contributed by atoms with Crippen LogP contribution < -0.4 is 0 Å². The molecule has 0 radical (unpaired) electrons. The average molecular weight is 195 g/mol. The van der Waals surface area contributed by atoms with Gasteiger partial charge in [0.2, 0.25) is 0 Å². The molecule has 0 amide bonds. The van der Waals surface area contributed by atoms with E-state index in [4.69, 9.17) is 0 Å². The lowest BCUT2D eigenvalue weighted by Gasteiger charge is -2.08. The van der Waals surface area contributed by atoms with Crippen LogP contribution in [0.25, 0.3) is 5.57 Å². The van der Waals surface area contributed by atoms with E-state index in [1.807, 2.05) is 31.2 Å². The van der Waals surface area contributed by atoms with Crippen molar-refractivity contribution >= 4 is 5.57 Å². The maximum atomic E-state index is 4.26. The van der Waals surface area contributed by atoms with Gasteiger partial charge in [0.05, 0.1) is 0 Å². The monoisotopic (exact) mass is 195 g/mol. The minimum atomic E-state index is 1.02. The van der Waals surface area contributed by atoms with Gasteiger partial charge in [-0.05, 0) is 24.1 Å². The summed E-state index contributed by atoms with van der Waals surface area (Å²) in [7, 11) is 0. The Morgan fingerprint density at radius 1 is 1.07 bits per heavy atom. The molecular formula is C14H13N. The average Bonchev–Trinajstić information content (AvgIpc) is 2.30. The van der Waals surface area contributed by atoms with Gasteiger partial charge in [0.25, 0.3) is 0 Å². The molecule has 2 rings (SSSR count). The van der Waals surface area contributed by atoms with Crippen molar-refractivity contribution < 1.29 is 0 Å². The van der Waals surface area contributed by atoms with Crippen LogP contribution in [-0.4, -0.2) is 4.98 Å². The second kappa shape index (κ2) is 4.09. The lowest BCUT2D eigenvalue weighted by molar-refractivity contribution is 1.18. The maximum Gasteiger partial charge on any atom is 0.0450 e. The molecule has 1 heteroatoms. The van der Waals surface area contributed by atoms with Crippen LogP contribution in [-0.2, 0) is 0 Å². The van der Waals surface area contributed by atoms with E-state index in [0.717, 1.165) is 22.4 Å². The fraction of sp³-hybridized carbons (Fsp3) is 0.0714. The second-order valence-electron chi connectivity index (χ2n) is 3.48. The van der Waals surface area contributed by atoms with Gasteiger partial charge in [-0.25, -0.2) is 0 Å². The van der Waals surface area contributed by atoms with E-state index < -0.39 is 0 Å². The van der Waals surface area contributed by atoms with Crippen molar-refractivity contribution in [1.82, 2.24) is 4.98 Å². The van der Waals surface area contributed by atoms with Crippen molar-refractivity contribution in [3.8, 4) is 0 Å². The molecule has 1 aromatic carbocycles. The number of hydrogen-bond acceptors (Lipinski definition) is 1. The van der Waals surface area contributed by atoms with Gasteiger partial charge in [-0.15, -0.1) is 0 Å². The van der Waals surface area contributed by atoms with Gasteiger partial charge in [-0.1, -0.05) is 43.0 Å². The highest BCUT2D eigenvalue weighted by Gasteiger charge is 2.04. The minimum absolute atomic E-state index is 1.02. The Bertz CT molecular complexity index is 472. The van der Waals surface area contributed by atoms with E-state index in [0.29, 0.717) is 0 Å². The summed E-state index contributed by atoms with van der Waals surface area (Å²) in [6.07, 6.45) is 1.80. The molecule has 1 nitrogen and oxygen atoms in total. The van der Waals surface area contributed by atoms with Crippen LogP contribution in [0.5, 0.6) is 0 Å². The molecule has 15 heavy (non-hydrogen) atoms. The van der Waals surface area contributed by atoms with Crippen molar-refractivity contribution in [2.75, 3.05) is 0 Å². The summed E-state index contributed by atoms with van der Waals surface area (Å²) in [5.74, 6) is 0. The molecular weight excluding hydrogens is 182 g/mol. The molecule has 0 saturated heterocycles. The Morgan fingerprint density at radius 2 is 1.80 bits per heavy atom. The highest BCUT2D eigenvalue weighted by molar-refractivity contribution is 5.78. The third kappa shape index (κ3) is 1.96. The van der Waals surface area contributed by atoms with Crippen LogP contribution in [0.2, 0.25) is 0 Å². The molecule has 1 aromatic heterocycles. The van der Waals surface area contributed by atoms with Crippen LogP contribution >= 0.6 is 0 Å². The Balaban J connectivity index is 2.42. The molecule has 0 unspecified atom stereocenters. The van der Waals surface area contributed by atoms with Crippen molar-refractivity contribution in [1.29, 1.82) is 0 Å². The molecule has 0 aliphatic carbocycles. The largest absolute Gasteiger partial charge is 0.261 e. The van der Waals surface area contributed by atoms with E-state index in [1.165, 1.54) is 0 Å². The molecule has 1 heterocycles. The van der Waals surface area contributed by atoms with Crippen molar-refractivity contribution in [2.24, 2.45) is 0 Å². The highest BCUT2D eigenvalue weighted by atomic mass is 14.7. The van der Waals surface area contributed by atoms with E-state index in [-0.39, 0.29) is 0 Å². The van der Waals surface area contributed by atoms with E-state index >= 15 is 0 Å². The predicted molar refractivity (Wildman–Crippen MR) is 63.6 cm³/mol. The third-order valence-corrected chi connectivity index (χ3v) is 2.45. The first-order valence-corrected chi connectivity index (χ1v) is 4.95. The molecule has 74 valence electrons. The van der Waals surface area contributed by atoms with E-state index in [2.05, 4.69) is 29.8 Å². The van der Waals surface area contributed by atoms with Gasteiger partial charge in [0.15, 0.2) is 0 Å². The quantitative estimate of drug-likeness (QED) is 0.715. The number of aryl methyl sites for hydroxylation is 1.